The smallest absolute Gasteiger partial charge is 0.0159 e. The van der Waals surface area contributed by atoms with Crippen LogP contribution in [0.1, 0.15) is 55.4 Å². The van der Waals surface area contributed by atoms with Crippen molar-refractivity contribution >= 4 is 15.8 Å². The maximum atomic E-state index is 2.56. The lowest BCUT2D eigenvalue weighted by Gasteiger charge is -2.42. The van der Waals surface area contributed by atoms with E-state index < -0.39 is 0 Å². The molecule has 5 rings (SSSR count). The normalized spacial score (nSPS) is 45.9. The molecule has 0 unspecified atom stereocenters. The molecule has 0 saturated carbocycles. The molecule has 0 nitrogen and oxygen atoms in total. The minimum absolute atomic E-state index is 0.0211. The van der Waals surface area contributed by atoms with Crippen LogP contribution in [-0.4, -0.2) is 12.3 Å². The van der Waals surface area contributed by atoms with Crippen LogP contribution < -0.4 is 0 Å². The highest BCUT2D eigenvalue weighted by Gasteiger charge is 2.66. The Labute approximate surface area is 143 Å². The van der Waals surface area contributed by atoms with Gasteiger partial charge in [0, 0.05) is 16.2 Å². The zero-order valence-electron chi connectivity index (χ0n) is 15.8. The molecule has 23 heavy (non-hydrogen) atoms. The van der Waals surface area contributed by atoms with Crippen molar-refractivity contribution in [1.29, 1.82) is 0 Å². The van der Waals surface area contributed by atoms with E-state index in [4.69, 9.17) is 0 Å². The Morgan fingerprint density at radius 1 is 0.652 bits per heavy atom. The van der Waals surface area contributed by atoms with Gasteiger partial charge in [-0.15, -0.1) is 0 Å². The van der Waals surface area contributed by atoms with Crippen LogP contribution in [0, 0.1) is 16.2 Å². The molecule has 0 N–H and O–H groups in total. The molecule has 0 fully saturated rings. The van der Waals surface area contributed by atoms with Gasteiger partial charge in [-0.05, 0) is 88.3 Å². The van der Waals surface area contributed by atoms with Crippen molar-refractivity contribution in [1.82, 2.24) is 0 Å². The van der Waals surface area contributed by atoms with Gasteiger partial charge >= 0.3 is 0 Å². The summed E-state index contributed by atoms with van der Waals surface area (Å²) < 4.78 is 0. The van der Waals surface area contributed by atoms with Gasteiger partial charge in [-0.1, -0.05) is 38.8 Å². The number of hydrogen-bond donors (Lipinski definition) is 0. The van der Waals surface area contributed by atoms with E-state index >= 15 is 0 Å². The molecule has 4 bridgehead atoms. The van der Waals surface area contributed by atoms with Crippen molar-refractivity contribution in [3.8, 4) is 0 Å². The van der Waals surface area contributed by atoms with Crippen LogP contribution in [0.3, 0.4) is 0 Å². The molecule has 0 aromatic carbocycles. The quantitative estimate of drug-likeness (QED) is 0.410. The molecule has 1 aliphatic carbocycles. The van der Waals surface area contributed by atoms with E-state index in [1.165, 1.54) is 12.3 Å². The van der Waals surface area contributed by atoms with Gasteiger partial charge in [0.15, 0.2) is 0 Å². The largest absolute Gasteiger partial charge is 0.0592 e. The molecule has 5 aliphatic rings. The summed E-state index contributed by atoms with van der Waals surface area (Å²) in [7, 11) is -0.0422. The maximum Gasteiger partial charge on any atom is 0.0159 e. The Hall–Kier alpha value is -0.180. The number of hydrogen-bond acceptors (Lipinski definition) is 0. The lowest BCUT2D eigenvalue weighted by atomic mass is 9.60. The number of fused-ring (bicyclic) bond motifs is 9. The highest BCUT2D eigenvalue weighted by atomic mass is 31.1. The highest BCUT2D eigenvalue weighted by molar-refractivity contribution is 7.73. The second-order valence-electron chi connectivity index (χ2n) is 9.33. The van der Waals surface area contributed by atoms with Gasteiger partial charge in [-0.25, -0.2) is 0 Å². The molecule has 0 saturated heterocycles. The zero-order chi connectivity index (χ0) is 16.7. The Kier molecular flexibility index (Phi) is 2.50. The van der Waals surface area contributed by atoms with Gasteiger partial charge in [0.25, 0.3) is 0 Å². The third kappa shape index (κ3) is 1.28. The molecule has 0 aromatic rings. The van der Waals surface area contributed by atoms with Gasteiger partial charge in [0.1, 0.15) is 0 Å². The maximum absolute atomic E-state index is 2.56. The molecular formula is C21H28P2. The predicted molar refractivity (Wildman–Crippen MR) is 104 cm³/mol. The fraction of sp³-hybridized carbons (Fsp3) is 0.619. The van der Waals surface area contributed by atoms with Gasteiger partial charge in [0.05, 0.1) is 0 Å². The summed E-state index contributed by atoms with van der Waals surface area (Å²) in [4.78, 5) is 0. The average Bonchev–Trinajstić information content (AvgIpc) is 3.14. The Morgan fingerprint density at radius 2 is 1.00 bits per heavy atom. The molecule has 0 amide bonds. The predicted octanol–water partition coefficient (Wildman–Crippen LogP) is 7.15. The molecule has 4 aliphatic heterocycles. The van der Waals surface area contributed by atoms with Crippen molar-refractivity contribution in [2.45, 2.75) is 55.4 Å². The van der Waals surface area contributed by atoms with Crippen LogP contribution in [0.2, 0.25) is 0 Å². The van der Waals surface area contributed by atoms with Crippen LogP contribution in [-0.2, 0) is 0 Å². The van der Waals surface area contributed by atoms with Gasteiger partial charge in [-0.2, -0.15) is 0 Å². The van der Waals surface area contributed by atoms with E-state index in [0.717, 1.165) is 0 Å². The zero-order valence-corrected chi connectivity index (χ0v) is 17.6. The Bertz CT molecular complexity index is 764. The van der Waals surface area contributed by atoms with Gasteiger partial charge < -0.3 is 0 Å². The van der Waals surface area contributed by atoms with E-state index in [-0.39, 0.29) is 21.3 Å². The van der Waals surface area contributed by atoms with Gasteiger partial charge in [-0.3, -0.25) is 0 Å². The van der Waals surface area contributed by atoms with E-state index in [1.54, 1.807) is 21.8 Å². The Morgan fingerprint density at radius 3 is 1.35 bits per heavy atom. The van der Waals surface area contributed by atoms with Crippen LogP contribution >= 0.6 is 15.8 Å². The molecular weight excluding hydrogens is 314 g/mol. The number of allylic oxidation sites excluding steroid dienone is 8. The highest BCUT2D eigenvalue weighted by Crippen LogP contribution is 2.89. The van der Waals surface area contributed by atoms with E-state index in [1.807, 2.05) is 21.8 Å². The molecule has 4 heterocycles. The van der Waals surface area contributed by atoms with E-state index in [0.29, 0.717) is 10.8 Å². The third-order valence-electron chi connectivity index (χ3n) is 8.09. The summed E-state index contributed by atoms with van der Waals surface area (Å²) in [6.45, 7) is 20.0. The topological polar surface area (TPSA) is 0 Å². The minimum Gasteiger partial charge on any atom is -0.0592 e. The molecule has 4 atom stereocenters. The first-order valence-electron chi connectivity index (χ1n) is 8.98. The standard InChI is InChI=1S/C21H28P2/c1-11-13(3)22-9-20(11,7)17-15(22)16-18(19(17,5)6)21(8)10-23(16)14(4)12(21)2/h9-10H2,1-8H3/t20-,21-,22+,23+/m1/s1. The van der Waals surface area contributed by atoms with E-state index in [2.05, 4.69) is 55.4 Å². The monoisotopic (exact) mass is 342 g/mol. The fourth-order valence-electron chi connectivity index (χ4n) is 6.72. The fourth-order valence-corrected chi connectivity index (χ4v) is 14.6. The second-order valence-corrected chi connectivity index (χ2v) is 13.9. The lowest BCUT2D eigenvalue weighted by Crippen LogP contribution is -2.35. The summed E-state index contributed by atoms with van der Waals surface area (Å²) in [5, 5.41) is 7.31. The number of rotatable bonds is 0. The molecule has 0 aromatic heterocycles. The molecule has 2 heteroatoms. The average molecular weight is 342 g/mol. The molecule has 0 spiro atoms. The van der Waals surface area contributed by atoms with E-state index in [9.17, 15) is 0 Å². The van der Waals surface area contributed by atoms with Crippen LogP contribution in [0.5, 0.6) is 0 Å². The van der Waals surface area contributed by atoms with Crippen molar-refractivity contribution in [2.24, 2.45) is 16.2 Å². The first kappa shape index (κ1) is 15.1. The molecule has 0 radical (unpaired) electrons. The van der Waals surface area contributed by atoms with Crippen molar-refractivity contribution < 1.29 is 0 Å². The van der Waals surface area contributed by atoms with Crippen LogP contribution in [0.15, 0.2) is 43.5 Å². The Balaban J connectivity index is 1.80. The van der Waals surface area contributed by atoms with Crippen LogP contribution in [0.4, 0.5) is 0 Å². The second kappa shape index (κ2) is 3.81. The summed E-state index contributed by atoms with van der Waals surface area (Å²) in [6.07, 6.45) is 2.85. The van der Waals surface area contributed by atoms with Crippen molar-refractivity contribution in [3.05, 3.63) is 43.5 Å². The van der Waals surface area contributed by atoms with Crippen molar-refractivity contribution in [2.75, 3.05) is 12.3 Å². The molecule has 122 valence electrons. The summed E-state index contributed by atoms with van der Waals surface area (Å²) in [5.74, 6) is 0. The first-order chi connectivity index (χ1) is 10.6. The lowest BCUT2D eigenvalue weighted by molar-refractivity contribution is 0.362. The van der Waals surface area contributed by atoms with Crippen molar-refractivity contribution in [3.63, 3.8) is 0 Å². The van der Waals surface area contributed by atoms with Gasteiger partial charge in [0.2, 0.25) is 0 Å². The summed E-state index contributed by atoms with van der Waals surface area (Å²) in [5.41, 5.74) is 8.15. The third-order valence-corrected chi connectivity index (χ3v) is 14.4. The van der Waals surface area contributed by atoms with Crippen LogP contribution in [0.25, 0.3) is 0 Å². The SMILES string of the molecule is CC1=C(C)[C@@]2(C)C[P@]1C1=C2C(C)(C)C2=C1[P@@]1C[C@]2(C)C(C)=C1C. The minimum atomic E-state index is -0.0211. The summed E-state index contributed by atoms with van der Waals surface area (Å²) in [6, 6.07) is 0. The first-order valence-corrected chi connectivity index (χ1v) is 12.0. The summed E-state index contributed by atoms with van der Waals surface area (Å²) >= 11 is 0.